The van der Waals surface area contributed by atoms with Crippen LogP contribution in [-0.2, 0) is 0 Å². The van der Waals surface area contributed by atoms with Crippen LogP contribution in [0.3, 0.4) is 0 Å². The smallest absolute Gasteiger partial charge is 0.0810 e. The number of nitrogens with zero attached hydrogens (tertiary/aromatic N) is 1. The van der Waals surface area contributed by atoms with Crippen LogP contribution in [0.25, 0.3) is 0 Å². The van der Waals surface area contributed by atoms with E-state index in [9.17, 15) is 0 Å². The van der Waals surface area contributed by atoms with Gasteiger partial charge in [-0.3, -0.25) is 0 Å². The van der Waals surface area contributed by atoms with E-state index in [1.807, 2.05) is 12.1 Å². The van der Waals surface area contributed by atoms with Gasteiger partial charge in [-0.05, 0) is 0 Å². The second kappa shape index (κ2) is 2.11. The van der Waals surface area contributed by atoms with E-state index in [0.29, 0.717) is 4.95 Å². The van der Waals surface area contributed by atoms with Gasteiger partial charge in [-0.1, -0.05) is 15.9 Å². The molecule has 1 heterocycles. The molecule has 0 aromatic rings. The molecule has 1 atom stereocenters. The van der Waals surface area contributed by atoms with Crippen LogP contribution in [0.5, 0.6) is 0 Å². The average molecular weight is 164 g/mol. The summed E-state index contributed by atoms with van der Waals surface area (Å²) in [5.41, 5.74) is 3.11. The minimum Gasteiger partial charge on any atom is -0.246 e. The van der Waals surface area contributed by atoms with E-state index in [1.165, 1.54) is 0 Å². The molecule has 7 heavy (non-hydrogen) atoms. The summed E-state index contributed by atoms with van der Waals surface area (Å²) in [6.07, 6.45) is 2.15. The first-order valence-corrected chi connectivity index (χ1v) is 3.15. The summed E-state index contributed by atoms with van der Waals surface area (Å²) in [5, 5.41) is 2.03. The zero-order valence-corrected chi connectivity index (χ0v) is 5.77. The molecule has 1 fully saturated rings. The van der Waals surface area contributed by atoms with Gasteiger partial charge in [0.15, 0.2) is 0 Å². The summed E-state index contributed by atoms with van der Waals surface area (Å²) in [5.74, 6) is 0. The first-order valence-electron chi connectivity index (χ1n) is 2.24. The Hall–Kier alpha value is 0.400. The fourth-order valence-electron chi connectivity index (χ4n) is 0.567. The fourth-order valence-corrected chi connectivity index (χ4v) is 1.08. The average Bonchev–Trinajstić information content (AvgIpc) is 1.87. The maximum Gasteiger partial charge on any atom is 0.0810 e. The molecule has 0 bridgehead atoms. The monoisotopic (exact) mass is 163 g/mol. The Bertz CT molecular complexity index is 58.7. The van der Waals surface area contributed by atoms with Crippen LogP contribution in [-0.4, -0.2) is 23.6 Å². The lowest BCUT2D eigenvalue weighted by Crippen LogP contribution is -2.28. The van der Waals surface area contributed by atoms with Gasteiger partial charge in [0, 0.05) is 20.0 Å². The Morgan fingerprint density at radius 1 is 2.00 bits per heavy atom. The van der Waals surface area contributed by atoms with E-state index in [4.69, 9.17) is 0 Å². The molecule has 0 saturated carbocycles. The Morgan fingerprint density at radius 3 is 2.86 bits per heavy atom. The van der Waals surface area contributed by atoms with Gasteiger partial charge < -0.3 is 0 Å². The molecule has 0 spiro atoms. The quantitative estimate of drug-likeness (QED) is 0.410. The third kappa shape index (κ3) is 1.40. The van der Waals surface area contributed by atoms with Crippen LogP contribution in [0.2, 0.25) is 0 Å². The van der Waals surface area contributed by atoms with Crippen LogP contribution in [0.4, 0.5) is 0 Å². The van der Waals surface area contributed by atoms with Gasteiger partial charge in [0.1, 0.15) is 0 Å². The highest BCUT2D eigenvalue weighted by Gasteiger charge is 2.14. The first kappa shape index (κ1) is 5.54. The van der Waals surface area contributed by atoms with Gasteiger partial charge >= 0.3 is 0 Å². The summed E-state index contributed by atoms with van der Waals surface area (Å²) >= 11 is 3.37. The summed E-state index contributed by atoms with van der Waals surface area (Å²) in [6.45, 7) is 1.02. The highest BCUT2D eigenvalue weighted by molar-refractivity contribution is 9.09. The lowest BCUT2D eigenvalue weighted by molar-refractivity contribution is 0.313. The maximum atomic E-state index is 3.37. The van der Waals surface area contributed by atoms with Gasteiger partial charge in [0.25, 0.3) is 0 Å². The topological polar surface area (TPSA) is 15.3 Å². The predicted octanol–water partition coefficient (Wildman–Crippen LogP) is 0.362. The van der Waals surface area contributed by atoms with Gasteiger partial charge in [0.05, 0.1) is 4.95 Å². The van der Waals surface area contributed by atoms with Gasteiger partial charge in [-0.25, -0.2) is 10.4 Å². The molecule has 41 valence electrons. The lowest BCUT2D eigenvalue weighted by Gasteiger charge is -2.05. The van der Waals surface area contributed by atoms with Crippen molar-refractivity contribution in [1.29, 1.82) is 0 Å². The summed E-state index contributed by atoms with van der Waals surface area (Å²) in [7, 11) is 2.01. The number of hydrogen-bond donors (Lipinski definition) is 1. The second-order valence-corrected chi connectivity index (χ2v) is 2.63. The van der Waals surface area contributed by atoms with Crippen molar-refractivity contribution in [2.45, 2.75) is 4.95 Å². The van der Waals surface area contributed by atoms with Crippen molar-refractivity contribution in [2.75, 3.05) is 13.6 Å². The Labute approximate surface area is 52.0 Å². The molecule has 1 radical (unpaired) electrons. The number of alkyl halides is 1. The van der Waals surface area contributed by atoms with Crippen LogP contribution in [0.1, 0.15) is 0 Å². The molecule has 2 nitrogen and oxygen atoms in total. The van der Waals surface area contributed by atoms with Crippen molar-refractivity contribution >= 4 is 15.9 Å². The third-order valence-electron chi connectivity index (χ3n) is 0.930. The van der Waals surface area contributed by atoms with E-state index in [2.05, 4.69) is 27.8 Å². The molecule has 1 aliphatic rings. The Balaban J connectivity index is 2.26. The zero-order chi connectivity index (χ0) is 5.28. The minimum atomic E-state index is 0.387. The number of nitrogens with one attached hydrogen (secondary N) is 1. The molecule has 3 heteroatoms. The number of halogens is 1. The maximum absolute atomic E-state index is 3.37. The zero-order valence-electron chi connectivity index (χ0n) is 4.19. The van der Waals surface area contributed by atoms with Crippen molar-refractivity contribution in [1.82, 2.24) is 10.4 Å². The second-order valence-electron chi connectivity index (χ2n) is 1.65. The Kier molecular flexibility index (Phi) is 1.67. The number of hydrogen-bond acceptors (Lipinski definition) is 2. The van der Waals surface area contributed by atoms with Gasteiger partial charge in [0.2, 0.25) is 0 Å². The van der Waals surface area contributed by atoms with Crippen molar-refractivity contribution < 1.29 is 0 Å². The molecule has 0 aromatic carbocycles. The number of hydrazine groups is 1. The van der Waals surface area contributed by atoms with Gasteiger partial charge in [-0.15, -0.1) is 0 Å². The number of rotatable bonds is 0. The van der Waals surface area contributed by atoms with Crippen LogP contribution in [0, 0.1) is 6.42 Å². The summed E-state index contributed by atoms with van der Waals surface area (Å²) < 4.78 is 0. The molecule has 0 amide bonds. The normalized spacial score (nSPS) is 34.3. The van der Waals surface area contributed by atoms with E-state index >= 15 is 0 Å². The summed E-state index contributed by atoms with van der Waals surface area (Å²) in [6, 6.07) is 0. The molecular formula is C4H8BrN2. The molecule has 1 unspecified atom stereocenters. The fraction of sp³-hybridized carbons (Fsp3) is 0.750. The standard InChI is InChI=1S/C4H8BrN2/c1-7-3-2-4(5)6-7/h2,4,6H,3H2,1H3. The molecule has 0 aliphatic carbocycles. The molecule has 1 aliphatic heterocycles. The van der Waals surface area contributed by atoms with Crippen molar-refractivity contribution in [3.8, 4) is 0 Å². The Morgan fingerprint density at radius 2 is 2.71 bits per heavy atom. The third-order valence-corrected chi connectivity index (χ3v) is 1.51. The largest absolute Gasteiger partial charge is 0.246 e. The SMILES string of the molecule is CN1C[CH]C(Br)N1. The minimum absolute atomic E-state index is 0.387. The highest BCUT2D eigenvalue weighted by Crippen LogP contribution is 2.06. The lowest BCUT2D eigenvalue weighted by atomic mass is 10.5. The van der Waals surface area contributed by atoms with Gasteiger partial charge in [-0.2, -0.15) is 0 Å². The van der Waals surface area contributed by atoms with Crippen molar-refractivity contribution in [2.24, 2.45) is 0 Å². The van der Waals surface area contributed by atoms with E-state index < -0.39 is 0 Å². The van der Waals surface area contributed by atoms with E-state index in [0.717, 1.165) is 6.54 Å². The predicted molar refractivity (Wildman–Crippen MR) is 32.8 cm³/mol. The molecule has 1 saturated heterocycles. The first-order chi connectivity index (χ1) is 3.29. The van der Waals surface area contributed by atoms with Crippen LogP contribution < -0.4 is 5.43 Å². The molecule has 1 rings (SSSR count). The summed E-state index contributed by atoms with van der Waals surface area (Å²) in [4.78, 5) is 0.387. The highest BCUT2D eigenvalue weighted by atomic mass is 79.9. The molecular weight excluding hydrogens is 156 g/mol. The van der Waals surface area contributed by atoms with Crippen LogP contribution in [0.15, 0.2) is 0 Å². The molecule has 0 aromatic heterocycles. The van der Waals surface area contributed by atoms with Crippen molar-refractivity contribution in [3.63, 3.8) is 0 Å². The van der Waals surface area contributed by atoms with Crippen molar-refractivity contribution in [3.05, 3.63) is 6.42 Å². The van der Waals surface area contributed by atoms with Crippen LogP contribution >= 0.6 is 15.9 Å². The van der Waals surface area contributed by atoms with E-state index in [-0.39, 0.29) is 0 Å². The van der Waals surface area contributed by atoms with E-state index in [1.54, 1.807) is 0 Å². The molecule has 1 N–H and O–H groups in total.